The van der Waals surface area contributed by atoms with Gasteiger partial charge in [-0.2, -0.15) is 0 Å². The van der Waals surface area contributed by atoms with Crippen LogP contribution in [0.5, 0.6) is 0 Å². The van der Waals surface area contributed by atoms with Crippen molar-refractivity contribution < 1.29 is 9.18 Å². The van der Waals surface area contributed by atoms with Crippen molar-refractivity contribution in [3.8, 4) is 0 Å². The molecular formula is C20H19FN4O. The minimum absolute atomic E-state index is 0.192. The quantitative estimate of drug-likeness (QED) is 0.698. The van der Waals surface area contributed by atoms with Crippen LogP contribution in [0.25, 0.3) is 0 Å². The zero-order valence-corrected chi connectivity index (χ0v) is 14.5. The lowest BCUT2D eigenvalue weighted by Crippen LogP contribution is -2.15. The SMILES string of the molecule is CC(C)c1ccccc1NC(=O)c1cc(Nc2ccccc2F)ncn1. The fourth-order valence-corrected chi connectivity index (χ4v) is 2.55. The first-order chi connectivity index (χ1) is 12.5. The van der Waals surface area contributed by atoms with E-state index < -0.39 is 5.82 Å². The van der Waals surface area contributed by atoms with Gasteiger partial charge in [0.05, 0.1) is 5.69 Å². The summed E-state index contributed by atoms with van der Waals surface area (Å²) in [7, 11) is 0. The second-order valence-corrected chi connectivity index (χ2v) is 6.09. The third kappa shape index (κ3) is 4.03. The Labute approximate surface area is 151 Å². The molecule has 0 saturated carbocycles. The summed E-state index contributed by atoms with van der Waals surface area (Å²) in [6.07, 6.45) is 1.27. The van der Waals surface area contributed by atoms with Crippen molar-refractivity contribution in [2.24, 2.45) is 0 Å². The number of carbonyl (C=O) groups is 1. The van der Waals surface area contributed by atoms with Crippen molar-refractivity contribution in [2.45, 2.75) is 19.8 Å². The average molecular weight is 350 g/mol. The Morgan fingerprint density at radius 3 is 2.42 bits per heavy atom. The second-order valence-electron chi connectivity index (χ2n) is 6.09. The molecule has 0 saturated heterocycles. The molecule has 1 amide bonds. The number of carbonyl (C=O) groups excluding carboxylic acids is 1. The molecule has 3 rings (SSSR count). The molecule has 2 aromatic carbocycles. The molecule has 5 nitrogen and oxygen atoms in total. The molecule has 0 fully saturated rings. The van der Waals surface area contributed by atoms with Crippen molar-refractivity contribution in [3.63, 3.8) is 0 Å². The van der Waals surface area contributed by atoms with E-state index in [1.54, 1.807) is 18.2 Å². The summed E-state index contributed by atoms with van der Waals surface area (Å²) in [4.78, 5) is 20.6. The third-order valence-corrected chi connectivity index (χ3v) is 3.87. The Bertz CT molecular complexity index is 927. The fourth-order valence-electron chi connectivity index (χ4n) is 2.55. The molecule has 1 heterocycles. The Hall–Kier alpha value is -3.28. The Kier molecular flexibility index (Phi) is 5.22. The van der Waals surface area contributed by atoms with E-state index in [1.165, 1.54) is 18.5 Å². The third-order valence-electron chi connectivity index (χ3n) is 3.87. The number of hydrogen-bond donors (Lipinski definition) is 2. The number of hydrogen-bond acceptors (Lipinski definition) is 4. The summed E-state index contributed by atoms with van der Waals surface area (Å²) in [5.74, 6) is -0.136. The number of nitrogens with one attached hydrogen (secondary N) is 2. The van der Waals surface area contributed by atoms with Gasteiger partial charge in [-0.05, 0) is 29.7 Å². The highest BCUT2D eigenvalue weighted by Gasteiger charge is 2.13. The van der Waals surface area contributed by atoms with Gasteiger partial charge in [-0.25, -0.2) is 14.4 Å². The fraction of sp³-hybridized carbons (Fsp3) is 0.150. The predicted molar refractivity (Wildman–Crippen MR) is 100 cm³/mol. The lowest BCUT2D eigenvalue weighted by Gasteiger charge is -2.13. The number of para-hydroxylation sites is 2. The predicted octanol–water partition coefficient (Wildman–Crippen LogP) is 4.74. The number of anilines is 3. The van der Waals surface area contributed by atoms with Gasteiger partial charge in [0.15, 0.2) is 0 Å². The molecule has 1 aromatic heterocycles. The largest absolute Gasteiger partial charge is 0.338 e. The van der Waals surface area contributed by atoms with E-state index >= 15 is 0 Å². The van der Waals surface area contributed by atoms with Gasteiger partial charge < -0.3 is 10.6 Å². The summed E-state index contributed by atoms with van der Waals surface area (Å²) in [6.45, 7) is 4.12. The van der Waals surface area contributed by atoms with E-state index in [1.807, 2.05) is 24.3 Å². The van der Waals surface area contributed by atoms with Crippen LogP contribution in [0.4, 0.5) is 21.6 Å². The van der Waals surface area contributed by atoms with Crippen LogP contribution >= 0.6 is 0 Å². The van der Waals surface area contributed by atoms with Gasteiger partial charge in [0, 0.05) is 11.8 Å². The molecule has 2 N–H and O–H groups in total. The molecule has 0 aliphatic heterocycles. The number of rotatable bonds is 5. The number of nitrogens with zero attached hydrogens (tertiary/aromatic N) is 2. The van der Waals surface area contributed by atoms with E-state index in [4.69, 9.17) is 0 Å². The second kappa shape index (κ2) is 7.74. The first kappa shape index (κ1) is 17.5. The van der Waals surface area contributed by atoms with Crippen LogP contribution in [0.1, 0.15) is 35.8 Å². The molecule has 0 unspecified atom stereocenters. The maximum Gasteiger partial charge on any atom is 0.274 e. The lowest BCUT2D eigenvalue weighted by molar-refractivity contribution is 0.102. The Balaban J connectivity index is 1.80. The number of amides is 1. The van der Waals surface area contributed by atoms with Crippen LogP contribution < -0.4 is 10.6 Å². The van der Waals surface area contributed by atoms with Crippen molar-refractivity contribution in [3.05, 3.63) is 78.0 Å². The summed E-state index contributed by atoms with van der Waals surface area (Å²) in [5.41, 5.74) is 2.26. The van der Waals surface area contributed by atoms with Gasteiger partial charge in [0.1, 0.15) is 23.7 Å². The van der Waals surface area contributed by atoms with Crippen molar-refractivity contribution in [1.82, 2.24) is 9.97 Å². The molecule has 0 aliphatic carbocycles. The highest BCUT2D eigenvalue weighted by atomic mass is 19.1. The highest BCUT2D eigenvalue weighted by molar-refractivity contribution is 6.03. The van der Waals surface area contributed by atoms with Crippen LogP contribution in [0, 0.1) is 5.82 Å². The molecule has 6 heteroatoms. The number of aromatic nitrogens is 2. The van der Waals surface area contributed by atoms with Crippen molar-refractivity contribution >= 4 is 23.1 Å². The molecule has 0 radical (unpaired) electrons. The molecule has 26 heavy (non-hydrogen) atoms. The summed E-state index contributed by atoms with van der Waals surface area (Å²) < 4.78 is 13.8. The van der Waals surface area contributed by atoms with Gasteiger partial charge in [0.25, 0.3) is 5.91 Å². The molecule has 132 valence electrons. The smallest absolute Gasteiger partial charge is 0.274 e. The van der Waals surface area contributed by atoms with Crippen LogP contribution in [0.15, 0.2) is 60.9 Å². The molecule has 0 bridgehead atoms. The van der Waals surface area contributed by atoms with Gasteiger partial charge >= 0.3 is 0 Å². The summed E-state index contributed by atoms with van der Waals surface area (Å²) >= 11 is 0. The highest BCUT2D eigenvalue weighted by Crippen LogP contribution is 2.24. The van der Waals surface area contributed by atoms with Gasteiger partial charge in [0.2, 0.25) is 0 Å². The van der Waals surface area contributed by atoms with E-state index in [0.29, 0.717) is 5.82 Å². The van der Waals surface area contributed by atoms with Crippen molar-refractivity contribution in [2.75, 3.05) is 10.6 Å². The van der Waals surface area contributed by atoms with Crippen LogP contribution in [0.2, 0.25) is 0 Å². The first-order valence-corrected chi connectivity index (χ1v) is 8.28. The van der Waals surface area contributed by atoms with Gasteiger partial charge in [-0.1, -0.05) is 44.2 Å². The van der Waals surface area contributed by atoms with E-state index in [2.05, 4.69) is 34.4 Å². The van der Waals surface area contributed by atoms with Crippen LogP contribution in [-0.2, 0) is 0 Å². The normalized spacial score (nSPS) is 10.6. The summed E-state index contributed by atoms with van der Waals surface area (Å²) in [6, 6.07) is 15.4. The van der Waals surface area contributed by atoms with E-state index in [0.717, 1.165) is 11.3 Å². The van der Waals surface area contributed by atoms with Gasteiger partial charge in [-0.15, -0.1) is 0 Å². The topological polar surface area (TPSA) is 66.9 Å². The number of benzene rings is 2. The Morgan fingerprint density at radius 1 is 1.00 bits per heavy atom. The monoisotopic (exact) mass is 350 g/mol. The van der Waals surface area contributed by atoms with Crippen LogP contribution in [-0.4, -0.2) is 15.9 Å². The molecular weight excluding hydrogens is 331 g/mol. The van der Waals surface area contributed by atoms with Crippen molar-refractivity contribution in [1.29, 1.82) is 0 Å². The minimum atomic E-state index is -0.400. The molecule has 3 aromatic rings. The Morgan fingerprint density at radius 2 is 1.69 bits per heavy atom. The van der Waals surface area contributed by atoms with Gasteiger partial charge in [-0.3, -0.25) is 4.79 Å². The molecule has 0 aliphatic rings. The maximum absolute atomic E-state index is 13.8. The maximum atomic E-state index is 13.8. The standard InChI is InChI=1S/C20H19FN4O/c1-13(2)14-7-3-5-9-16(14)25-20(26)18-11-19(23-12-22-18)24-17-10-6-4-8-15(17)21/h3-13H,1-2H3,(H,25,26)(H,22,23,24). The zero-order chi connectivity index (χ0) is 18.5. The summed E-state index contributed by atoms with van der Waals surface area (Å²) in [5, 5.41) is 5.73. The average Bonchev–Trinajstić information content (AvgIpc) is 2.64. The first-order valence-electron chi connectivity index (χ1n) is 8.28. The zero-order valence-electron chi connectivity index (χ0n) is 14.5. The van der Waals surface area contributed by atoms with E-state index in [9.17, 15) is 9.18 Å². The molecule has 0 spiro atoms. The minimum Gasteiger partial charge on any atom is -0.338 e. The number of halogens is 1. The lowest BCUT2D eigenvalue weighted by atomic mass is 10.0. The van der Waals surface area contributed by atoms with E-state index in [-0.39, 0.29) is 23.2 Å². The van der Waals surface area contributed by atoms with Crippen LogP contribution in [0.3, 0.4) is 0 Å². The molecule has 0 atom stereocenters.